The van der Waals surface area contributed by atoms with E-state index in [4.69, 9.17) is 9.47 Å². The van der Waals surface area contributed by atoms with Crippen LogP contribution in [0.15, 0.2) is 71.5 Å². The van der Waals surface area contributed by atoms with Gasteiger partial charge >= 0.3 is 5.97 Å². The van der Waals surface area contributed by atoms with Crippen LogP contribution in [0.25, 0.3) is 25.1 Å². The Kier molecular flexibility index (Phi) is 5.07. The average molecular weight is 405 g/mol. The number of carbonyl (C=O) groups excluding carboxylic acids is 1. The van der Waals surface area contributed by atoms with E-state index < -0.39 is 16.4 Å². The van der Waals surface area contributed by atoms with Gasteiger partial charge in [-0.25, -0.2) is 0 Å². The minimum atomic E-state index is -0.463. The van der Waals surface area contributed by atoms with Gasteiger partial charge in [-0.1, -0.05) is 24.3 Å². The normalized spacial score (nSPS) is 12.1. The van der Waals surface area contributed by atoms with E-state index in [9.17, 15) is 9.59 Å². The zero-order valence-corrected chi connectivity index (χ0v) is 17.3. The number of hydrogen-bond acceptors (Lipinski definition) is 4. The van der Waals surface area contributed by atoms with Gasteiger partial charge in [0, 0.05) is 28.2 Å². The molecule has 0 bridgehead atoms. The molecule has 146 valence electrons. The van der Waals surface area contributed by atoms with Gasteiger partial charge < -0.3 is 9.47 Å². The van der Waals surface area contributed by atoms with Crippen molar-refractivity contribution >= 4 is 36.6 Å². The van der Waals surface area contributed by atoms with Crippen LogP contribution in [0.3, 0.4) is 0 Å². The van der Waals surface area contributed by atoms with Crippen molar-refractivity contribution in [3.63, 3.8) is 0 Å². The molecule has 0 saturated carbocycles. The van der Waals surface area contributed by atoms with E-state index in [0.717, 1.165) is 30.6 Å². The number of esters is 1. The SMILES string of the molecule is COC(=O)C(C)c1cc(-[s+]2c3ccccc3c(=O)c3ccccc32)ccc1OC. The van der Waals surface area contributed by atoms with Crippen LogP contribution in [-0.2, 0) is 9.53 Å². The second kappa shape index (κ2) is 7.68. The van der Waals surface area contributed by atoms with Gasteiger partial charge in [0.25, 0.3) is 0 Å². The Bertz CT molecular complexity index is 1230. The van der Waals surface area contributed by atoms with Gasteiger partial charge in [-0.05, 0) is 37.3 Å². The lowest BCUT2D eigenvalue weighted by Gasteiger charge is -2.14. The van der Waals surface area contributed by atoms with Gasteiger partial charge in [-0.2, -0.15) is 0 Å². The lowest BCUT2D eigenvalue weighted by molar-refractivity contribution is -0.142. The lowest BCUT2D eigenvalue weighted by Crippen LogP contribution is -2.12. The number of rotatable bonds is 4. The molecule has 29 heavy (non-hydrogen) atoms. The topological polar surface area (TPSA) is 52.6 Å². The molecule has 0 amide bonds. The van der Waals surface area contributed by atoms with Crippen LogP contribution in [-0.4, -0.2) is 20.2 Å². The molecule has 1 atom stereocenters. The molecule has 0 fully saturated rings. The first-order chi connectivity index (χ1) is 14.1. The summed E-state index contributed by atoms with van der Waals surface area (Å²) in [6.45, 7) is 1.81. The second-order valence-electron chi connectivity index (χ2n) is 6.78. The zero-order chi connectivity index (χ0) is 20.5. The first kappa shape index (κ1) is 19.2. The van der Waals surface area contributed by atoms with Crippen LogP contribution in [0.2, 0.25) is 0 Å². The fourth-order valence-corrected chi connectivity index (χ4v) is 6.05. The molecule has 0 N–H and O–H groups in total. The number of carbonyl (C=O) groups is 1. The van der Waals surface area contributed by atoms with Gasteiger partial charge in [-0.15, -0.1) is 0 Å². The molecule has 5 heteroatoms. The minimum Gasteiger partial charge on any atom is -0.496 e. The van der Waals surface area contributed by atoms with Crippen LogP contribution in [0.4, 0.5) is 0 Å². The molecular formula is C24H21O4S+. The van der Waals surface area contributed by atoms with E-state index in [2.05, 4.69) is 0 Å². The molecule has 1 heterocycles. The maximum absolute atomic E-state index is 13.0. The first-order valence-electron chi connectivity index (χ1n) is 9.29. The summed E-state index contributed by atoms with van der Waals surface area (Å²) in [5, 5.41) is 1.46. The average Bonchev–Trinajstić information content (AvgIpc) is 2.78. The van der Waals surface area contributed by atoms with Crippen molar-refractivity contribution in [1.82, 2.24) is 0 Å². The Morgan fingerprint density at radius 3 is 2.03 bits per heavy atom. The van der Waals surface area contributed by atoms with Crippen molar-refractivity contribution in [3.05, 3.63) is 82.5 Å². The predicted molar refractivity (Wildman–Crippen MR) is 119 cm³/mol. The van der Waals surface area contributed by atoms with Crippen LogP contribution in [0.5, 0.6) is 5.75 Å². The summed E-state index contributed by atoms with van der Waals surface area (Å²) in [5.41, 5.74) is 0.827. The molecule has 1 aromatic heterocycles. The second-order valence-corrected chi connectivity index (χ2v) is 8.74. The molecule has 4 rings (SSSR count). The van der Waals surface area contributed by atoms with Crippen LogP contribution in [0.1, 0.15) is 18.4 Å². The van der Waals surface area contributed by atoms with Gasteiger partial charge in [0.2, 0.25) is 5.43 Å². The lowest BCUT2D eigenvalue weighted by atomic mass is 10.0. The molecular weight excluding hydrogens is 384 g/mol. The molecule has 0 aliphatic heterocycles. The van der Waals surface area contributed by atoms with Gasteiger partial charge in [-0.3, -0.25) is 9.59 Å². The standard InChI is InChI=1S/C24H21O4S/c1-15(24(26)28-3)19-14-16(12-13-20(19)27-2)29-21-10-6-4-8-17(21)23(25)18-9-5-7-11-22(18)29/h4-15H,1-3H3/q+1. The Balaban J connectivity index is 2.08. The fourth-order valence-electron chi connectivity index (χ4n) is 3.66. The summed E-state index contributed by atoms with van der Waals surface area (Å²) in [6.07, 6.45) is 0. The monoisotopic (exact) mass is 405 g/mol. The highest BCUT2D eigenvalue weighted by Crippen LogP contribution is 2.45. The highest BCUT2D eigenvalue weighted by molar-refractivity contribution is 7.49. The van der Waals surface area contributed by atoms with E-state index in [1.165, 1.54) is 7.11 Å². The number of methoxy groups -OCH3 is 2. The quantitative estimate of drug-likeness (QED) is 0.260. The van der Waals surface area contributed by atoms with E-state index in [1.807, 2.05) is 73.7 Å². The molecule has 0 aliphatic carbocycles. The van der Waals surface area contributed by atoms with E-state index in [1.54, 1.807) is 7.11 Å². The van der Waals surface area contributed by atoms with Crippen molar-refractivity contribution in [2.45, 2.75) is 12.8 Å². The summed E-state index contributed by atoms with van der Waals surface area (Å²) >= 11 is 0. The Morgan fingerprint density at radius 2 is 1.48 bits per heavy atom. The van der Waals surface area contributed by atoms with Crippen LogP contribution < -0.4 is 10.2 Å². The molecule has 0 spiro atoms. The van der Waals surface area contributed by atoms with E-state index >= 15 is 0 Å². The smallest absolute Gasteiger partial charge is 0.312 e. The van der Waals surface area contributed by atoms with Gasteiger partial charge in [0.15, 0.2) is 14.3 Å². The minimum absolute atomic E-state index is 0.0524. The largest absolute Gasteiger partial charge is 0.496 e. The summed E-state index contributed by atoms with van der Waals surface area (Å²) in [6, 6.07) is 21.4. The highest BCUT2D eigenvalue weighted by atomic mass is 32.2. The third-order valence-electron chi connectivity index (χ3n) is 5.16. The van der Waals surface area contributed by atoms with Gasteiger partial charge in [0.05, 0.1) is 30.9 Å². The maximum Gasteiger partial charge on any atom is 0.312 e. The number of ether oxygens (including phenoxy) is 2. The van der Waals surface area contributed by atoms with Crippen LogP contribution >= 0.6 is 10.5 Å². The van der Waals surface area contributed by atoms with Crippen molar-refractivity contribution in [3.8, 4) is 10.6 Å². The van der Waals surface area contributed by atoms with E-state index in [0.29, 0.717) is 5.75 Å². The molecule has 1 unspecified atom stereocenters. The van der Waals surface area contributed by atoms with Crippen LogP contribution in [0, 0.1) is 0 Å². The Hall–Kier alpha value is -3.18. The molecule has 0 radical (unpaired) electrons. The van der Waals surface area contributed by atoms with Crippen molar-refractivity contribution in [2.24, 2.45) is 0 Å². The van der Waals surface area contributed by atoms with Gasteiger partial charge in [0.1, 0.15) is 5.75 Å². The fraction of sp³-hybridized carbons (Fsp3) is 0.167. The number of fused-ring (bicyclic) bond motifs is 2. The molecule has 4 aromatic rings. The molecule has 4 nitrogen and oxygen atoms in total. The Morgan fingerprint density at radius 1 is 0.897 bits per heavy atom. The maximum atomic E-state index is 13.0. The van der Waals surface area contributed by atoms with Crippen molar-refractivity contribution in [2.75, 3.05) is 14.2 Å². The van der Waals surface area contributed by atoms with Crippen molar-refractivity contribution < 1.29 is 14.3 Å². The molecule has 3 aromatic carbocycles. The predicted octanol–water partition coefficient (Wildman–Crippen LogP) is 5.38. The van der Waals surface area contributed by atoms with Crippen molar-refractivity contribution in [1.29, 1.82) is 0 Å². The summed E-state index contributed by atoms with van der Waals surface area (Å²) < 4.78 is 12.4. The number of hydrogen-bond donors (Lipinski definition) is 0. The summed E-state index contributed by atoms with van der Waals surface area (Å²) in [4.78, 5) is 26.2. The summed E-state index contributed by atoms with van der Waals surface area (Å²) in [5.74, 6) is -0.135. The number of benzene rings is 3. The third-order valence-corrected chi connectivity index (χ3v) is 7.48. The Labute approximate surface area is 171 Å². The molecule has 0 aliphatic rings. The molecule has 0 saturated heterocycles. The van der Waals surface area contributed by atoms with E-state index in [-0.39, 0.29) is 11.4 Å². The summed E-state index contributed by atoms with van der Waals surface area (Å²) in [7, 11) is 2.52. The first-order valence-corrected chi connectivity index (χ1v) is 10.5. The third kappa shape index (κ3) is 3.17. The zero-order valence-electron chi connectivity index (χ0n) is 16.5. The highest BCUT2D eigenvalue weighted by Gasteiger charge is 2.26.